The molecule has 0 saturated heterocycles. The summed E-state index contributed by atoms with van der Waals surface area (Å²) in [5.74, 6) is -0.926. The second-order valence-corrected chi connectivity index (χ2v) is 6.59. The maximum Gasteiger partial charge on any atom is 0.387 e. The number of carbonyl (C=O) groups is 1. The number of hydrogen-bond donors (Lipinski definition) is 1. The summed E-state index contributed by atoms with van der Waals surface area (Å²) < 4.78 is 34.8. The van der Waals surface area contributed by atoms with E-state index in [9.17, 15) is 13.6 Å². The van der Waals surface area contributed by atoms with E-state index in [4.69, 9.17) is 9.84 Å². The molecular weight excluding hydrogens is 390 g/mol. The molecule has 0 aliphatic carbocycles. The molecule has 1 heterocycles. The lowest BCUT2D eigenvalue weighted by molar-refractivity contribution is -0.0512. The zero-order valence-electron chi connectivity index (χ0n) is 14.7. The molecule has 0 fully saturated rings. The van der Waals surface area contributed by atoms with E-state index in [1.54, 1.807) is 36.0 Å². The van der Waals surface area contributed by atoms with Gasteiger partial charge < -0.3 is 19.5 Å². The summed E-state index contributed by atoms with van der Waals surface area (Å²) in [5.41, 5.74) is 3.26. The lowest BCUT2D eigenvalue weighted by Gasteiger charge is -2.25. The molecule has 28 heavy (non-hydrogen) atoms. The van der Waals surface area contributed by atoms with Gasteiger partial charge in [0.05, 0.1) is 24.7 Å². The molecule has 3 rings (SSSR count). The van der Waals surface area contributed by atoms with Crippen molar-refractivity contribution >= 4 is 28.7 Å². The summed E-state index contributed by atoms with van der Waals surface area (Å²) in [6.07, 6.45) is 1.73. The Morgan fingerprint density at radius 3 is 2.46 bits per heavy atom. The molecule has 9 heteroatoms. The first-order valence-corrected chi connectivity index (χ1v) is 8.97. The van der Waals surface area contributed by atoms with Gasteiger partial charge in [0, 0.05) is 28.5 Å². The first-order chi connectivity index (χ1) is 13.5. The Morgan fingerprint density at radius 1 is 1.18 bits per heavy atom. The molecule has 0 unspecified atom stereocenters. The number of halogens is 2. The minimum absolute atomic E-state index is 0.0692. The number of aromatic carboxylic acids is 1. The molecule has 0 bridgehead atoms. The Labute approximate surface area is 163 Å². The van der Waals surface area contributed by atoms with E-state index >= 15 is 0 Å². The predicted molar refractivity (Wildman–Crippen MR) is 101 cm³/mol. The first kappa shape index (κ1) is 19.6. The largest absolute Gasteiger partial charge is 0.493 e. The molecule has 0 aliphatic rings. The van der Waals surface area contributed by atoms with E-state index in [0.29, 0.717) is 12.2 Å². The van der Waals surface area contributed by atoms with Crippen molar-refractivity contribution in [1.29, 1.82) is 0 Å². The van der Waals surface area contributed by atoms with Gasteiger partial charge in [-0.3, -0.25) is 4.98 Å². The van der Waals surface area contributed by atoms with Crippen molar-refractivity contribution in [1.82, 2.24) is 4.98 Å². The van der Waals surface area contributed by atoms with Gasteiger partial charge in [0.25, 0.3) is 0 Å². The molecule has 0 aliphatic heterocycles. The summed E-state index contributed by atoms with van der Waals surface area (Å²) in [6.45, 7) is -2.51. The SMILES string of the molecule is COc1cc(N(Cc2cncs2)c2ccc(C(=O)O)cc2)ccc1OC(F)F. The lowest BCUT2D eigenvalue weighted by Crippen LogP contribution is -2.16. The van der Waals surface area contributed by atoms with Crippen LogP contribution in [0.5, 0.6) is 11.5 Å². The van der Waals surface area contributed by atoms with Crippen molar-refractivity contribution < 1.29 is 28.2 Å². The quantitative estimate of drug-likeness (QED) is 0.580. The van der Waals surface area contributed by atoms with Gasteiger partial charge in [0.1, 0.15) is 0 Å². The van der Waals surface area contributed by atoms with Crippen LogP contribution < -0.4 is 14.4 Å². The number of ether oxygens (including phenoxy) is 2. The topological polar surface area (TPSA) is 71.9 Å². The van der Waals surface area contributed by atoms with Crippen LogP contribution in [0.2, 0.25) is 0 Å². The van der Waals surface area contributed by atoms with E-state index in [1.165, 1.54) is 36.6 Å². The van der Waals surface area contributed by atoms with Crippen molar-refractivity contribution in [2.75, 3.05) is 12.0 Å². The van der Waals surface area contributed by atoms with Crippen LogP contribution in [0, 0.1) is 0 Å². The molecule has 6 nitrogen and oxygen atoms in total. The van der Waals surface area contributed by atoms with Gasteiger partial charge in [-0.25, -0.2) is 4.79 Å². The summed E-state index contributed by atoms with van der Waals surface area (Å²) in [6, 6.07) is 11.0. The zero-order valence-corrected chi connectivity index (χ0v) is 15.5. The van der Waals surface area contributed by atoms with Gasteiger partial charge in [-0.2, -0.15) is 8.78 Å². The number of methoxy groups -OCH3 is 1. The minimum Gasteiger partial charge on any atom is -0.493 e. The molecule has 0 saturated carbocycles. The Bertz CT molecular complexity index is 934. The number of nitrogens with zero attached hydrogens (tertiary/aromatic N) is 2. The third-order valence-electron chi connectivity index (χ3n) is 3.90. The second-order valence-electron chi connectivity index (χ2n) is 5.62. The molecule has 1 aromatic heterocycles. The number of anilines is 2. The Kier molecular flexibility index (Phi) is 6.05. The van der Waals surface area contributed by atoms with Crippen molar-refractivity contribution in [2.45, 2.75) is 13.2 Å². The number of hydrogen-bond acceptors (Lipinski definition) is 6. The molecule has 0 spiro atoms. The van der Waals surface area contributed by atoms with Crippen LogP contribution in [0.25, 0.3) is 0 Å². The third kappa shape index (κ3) is 4.55. The minimum atomic E-state index is -2.96. The molecule has 146 valence electrons. The van der Waals surface area contributed by atoms with Crippen LogP contribution in [0.4, 0.5) is 20.2 Å². The Morgan fingerprint density at radius 2 is 1.89 bits per heavy atom. The van der Waals surface area contributed by atoms with Crippen LogP contribution in [-0.2, 0) is 6.54 Å². The zero-order chi connectivity index (χ0) is 20.1. The van der Waals surface area contributed by atoms with E-state index in [-0.39, 0.29) is 17.1 Å². The van der Waals surface area contributed by atoms with Crippen molar-refractivity contribution in [3.63, 3.8) is 0 Å². The van der Waals surface area contributed by atoms with Crippen molar-refractivity contribution in [3.05, 3.63) is 64.6 Å². The van der Waals surface area contributed by atoms with Crippen LogP contribution in [0.15, 0.2) is 54.2 Å². The summed E-state index contributed by atoms with van der Waals surface area (Å²) in [7, 11) is 1.37. The molecule has 1 N–H and O–H groups in total. The molecule has 2 aromatic carbocycles. The predicted octanol–water partition coefficient (Wildman–Crippen LogP) is 4.79. The molecule has 0 amide bonds. The van der Waals surface area contributed by atoms with Gasteiger partial charge in [-0.15, -0.1) is 11.3 Å². The molecule has 0 radical (unpaired) electrons. The van der Waals surface area contributed by atoms with E-state index in [1.807, 2.05) is 4.90 Å². The van der Waals surface area contributed by atoms with Gasteiger partial charge >= 0.3 is 12.6 Å². The van der Waals surface area contributed by atoms with E-state index in [0.717, 1.165) is 10.6 Å². The summed E-state index contributed by atoms with van der Waals surface area (Å²) in [5, 5.41) is 9.10. The van der Waals surface area contributed by atoms with Crippen molar-refractivity contribution in [3.8, 4) is 11.5 Å². The second kappa shape index (κ2) is 8.66. The first-order valence-electron chi connectivity index (χ1n) is 8.09. The fraction of sp³-hybridized carbons (Fsp3) is 0.158. The lowest BCUT2D eigenvalue weighted by atomic mass is 10.1. The fourth-order valence-electron chi connectivity index (χ4n) is 2.61. The number of thiazole rings is 1. The summed E-state index contributed by atoms with van der Waals surface area (Å²) in [4.78, 5) is 18.0. The highest BCUT2D eigenvalue weighted by atomic mass is 32.1. The average molecular weight is 406 g/mol. The van der Waals surface area contributed by atoms with Crippen LogP contribution in [0.3, 0.4) is 0 Å². The van der Waals surface area contributed by atoms with Crippen LogP contribution >= 0.6 is 11.3 Å². The van der Waals surface area contributed by atoms with E-state index in [2.05, 4.69) is 9.72 Å². The Balaban J connectivity index is 1.99. The standard InChI is InChI=1S/C19H16F2N2O4S/c1-26-17-8-14(6-7-16(17)27-19(20)21)23(10-15-9-22-11-28-15)13-4-2-12(3-5-13)18(24)25/h2-9,11,19H,10H2,1H3,(H,24,25). The number of carboxylic acids is 1. The maximum absolute atomic E-state index is 12.6. The van der Waals surface area contributed by atoms with Crippen LogP contribution in [-0.4, -0.2) is 29.8 Å². The molecule has 0 atom stereocenters. The highest BCUT2D eigenvalue weighted by Gasteiger charge is 2.17. The smallest absolute Gasteiger partial charge is 0.387 e. The van der Waals surface area contributed by atoms with Gasteiger partial charge in [-0.05, 0) is 36.4 Å². The van der Waals surface area contributed by atoms with Gasteiger partial charge in [0.2, 0.25) is 0 Å². The monoisotopic (exact) mass is 406 g/mol. The number of carboxylic acid groups (broad SMARTS) is 1. The maximum atomic E-state index is 12.6. The average Bonchev–Trinajstić information content (AvgIpc) is 3.19. The van der Waals surface area contributed by atoms with E-state index < -0.39 is 12.6 Å². The molecular formula is C19H16F2N2O4S. The number of rotatable bonds is 8. The van der Waals surface area contributed by atoms with Gasteiger partial charge in [0.15, 0.2) is 11.5 Å². The normalized spacial score (nSPS) is 10.7. The van der Waals surface area contributed by atoms with Gasteiger partial charge in [-0.1, -0.05) is 0 Å². The number of alkyl halides is 2. The third-order valence-corrected chi connectivity index (χ3v) is 4.66. The Hall–Kier alpha value is -3.20. The van der Waals surface area contributed by atoms with Crippen LogP contribution in [0.1, 0.15) is 15.2 Å². The molecule has 3 aromatic rings. The number of aromatic nitrogens is 1. The highest BCUT2D eigenvalue weighted by Crippen LogP contribution is 2.36. The number of benzene rings is 2. The summed E-state index contributed by atoms with van der Waals surface area (Å²) >= 11 is 1.47. The highest BCUT2D eigenvalue weighted by molar-refractivity contribution is 7.09. The fourth-order valence-corrected chi connectivity index (χ4v) is 3.19. The van der Waals surface area contributed by atoms with Crippen molar-refractivity contribution in [2.24, 2.45) is 0 Å².